The van der Waals surface area contributed by atoms with Crippen LogP contribution in [0.2, 0.25) is 5.02 Å². The second kappa shape index (κ2) is 9.94. The van der Waals surface area contributed by atoms with Crippen molar-refractivity contribution >= 4 is 34.7 Å². The summed E-state index contributed by atoms with van der Waals surface area (Å²) in [6.07, 6.45) is 4.15. The summed E-state index contributed by atoms with van der Waals surface area (Å²) in [7, 11) is 3.06. The molecule has 1 amide bonds. The van der Waals surface area contributed by atoms with Gasteiger partial charge in [-0.25, -0.2) is 0 Å². The van der Waals surface area contributed by atoms with Gasteiger partial charge in [-0.05, 0) is 85.2 Å². The fourth-order valence-electron chi connectivity index (χ4n) is 5.30. The summed E-state index contributed by atoms with van der Waals surface area (Å²) >= 11 is 6.30. The number of fused-ring (bicyclic) bond motifs is 1. The molecule has 1 aliphatic heterocycles. The zero-order chi connectivity index (χ0) is 26.3. The minimum Gasteiger partial charge on any atom is -0.507 e. The normalized spacial score (nSPS) is 18.6. The van der Waals surface area contributed by atoms with Crippen molar-refractivity contribution < 1.29 is 24.2 Å². The number of ketones is 1. The fraction of sp³-hybridized carbons (Fsp3) is 0.267. The number of nitrogens with zero attached hydrogens (tertiary/aromatic N) is 1. The minimum absolute atomic E-state index is 0.0207. The molecule has 0 radical (unpaired) electrons. The first-order chi connectivity index (χ1) is 17.8. The molecule has 0 spiro atoms. The molecule has 3 aromatic rings. The van der Waals surface area contributed by atoms with E-state index < -0.39 is 17.7 Å². The van der Waals surface area contributed by atoms with Crippen molar-refractivity contribution in [2.75, 3.05) is 19.1 Å². The second-order valence-electron chi connectivity index (χ2n) is 9.40. The Balaban J connectivity index is 1.74. The van der Waals surface area contributed by atoms with Crippen LogP contribution in [0.15, 0.2) is 60.2 Å². The zero-order valence-electron chi connectivity index (χ0n) is 21.0. The van der Waals surface area contributed by atoms with Crippen LogP contribution >= 0.6 is 11.6 Å². The molecule has 0 saturated carbocycles. The number of amides is 1. The highest BCUT2D eigenvalue weighted by molar-refractivity contribution is 6.52. The maximum atomic E-state index is 13.6. The summed E-state index contributed by atoms with van der Waals surface area (Å²) in [4.78, 5) is 28.5. The van der Waals surface area contributed by atoms with E-state index in [1.54, 1.807) is 36.4 Å². The molecule has 1 fully saturated rings. The van der Waals surface area contributed by atoms with Crippen molar-refractivity contribution in [1.29, 1.82) is 0 Å². The molecule has 3 aromatic carbocycles. The lowest BCUT2D eigenvalue weighted by atomic mass is 9.88. The van der Waals surface area contributed by atoms with Gasteiger partial charge in [0.15, 0.2) is 11.5 Å². The molecule has 1 unspecified atom stereocenters. The molecule has 7 heteroatoms. The van der Waals surface area contributed by atoms with E-state index in [9.17, 15) is 14.7 Å². The third-order valence-electron chi connectivity index (χ3n) is 7.22. The van der Waals surface area contributed by atoms with Crippen LogP contribution in [0.5, 0.6) is 11.5 Å². The van der Waals surface area contributed by atoms with Crippen LogP contribution < -0.4 is 14.4 Å². The van der Waals surface area contributed by atoms with E-state index in [1.165, 1.54) is 24.7 Å². The predicted octanol–water partition coefficient (Wildman–Crippen LogP) is 6.17. The number of anilines is 1. The Kier molecular flexibility index (Phi) is 6.69. The van der Waals surface area contributed by atoms with Crippen molar-refractivity contribution in [3.05, 3.63) is 93.0 Å². The van der Waals surface area contributed by atoms with E-state index in [2.05, 4.69) is 0 Å². The summed E-state index contributed by atoms with van der Waals surface area (Å²) in [5.41, 5.74) is 4.83. The smallest absolute Gasteiger partial charge is 0.300 e. The van der Waals surface area contributed by atoms with E-state index in [0.29, 0.717) is 33.3 Å². The highest BCUT2D eigenvalue weighted by Gasteiger charge is 2.47. The first kappa shape index (κ1) is 24.9. The number of halogens is 1. The highest BCUT2D eigenvalue weighted by atomic mass is 35.5. The highest BCUT2D eigenvalue weighted by Crippen LogP contribution is 2.45. The standard InChI is InChI=1S/C30H28ClNO5/c1-17-8-12-22(31)16-23(17)32-27(20-11-13-24(36-2)25(15-20)37-3)26(29(34)30(32)35)28(33)21-10-9-18-6-4-5-7-19(18)14-21/h8-16,27,33H,4-7H2,1-3H3/b28-26+. The van der Waals surface area contributed by atoms with Crippen LogP contribution in [0.4, 0.5) is 5.69 Å². The van der Waals surface area contributed by atoms with Crippen LogP contribution in [0, 0.1) is 6.92 Å². The summed E-state index contributed by atoms with van der Waals surface area (Å²) in [5, 5.41) is 12.0. The molecule has 1 aliphatic carbocycles. The number of ether oxygens (including phenoxy) is 2. The lowest BCUT2D eigenvalue weighted by molar-refractivity contribution is -0.132. The number of carbonyl (C=O) groups excluding carboxylic acids is 2. The Labute approximate surface area is 221 Å². The molecule has 6 nitrogen and oxygen atoms in total. The number of hydrogen-bond acceptors (Lipinski definition) is 5. The number of methoxy groups -OCH3 is 2. The SMILES string of the molecule is COc1ccc(C2/C(=C(\O)c3ccc4c(c3)CCCC4)C(=O)C(=O)N2c2cc(Cl)ccc2C)cc1OC. The number of Topliss-reactive ketones (excluding diaryl/α,β-unsaturated/α-hetero) is 1. The van der Waals surface area contributed by atoms with E-state index in [1.807, 2.05) is 25.1 Å². The van der Waals surface area contributed by atoms with E-state index in [-0.39, 0.29) is 11.3 Å². The molecule has 190 valence electrons. The van der Waals surface area contributed by atoms with E-state index >= 15 is 0 Å². The molecule has 1 heterocycles. The van der Waals surface area contributed by atoms with Gasteiger partial charge in [0.2, 0.25) is 0 Å². The molecule has 37 heavy (non-hydrogen) atoms. The minimum atomic E-state index is -0.895. The number of rotatable bonds is 5. The molecular formula is C30H28ClNO5. The average molecular weight is 518 g/mol. The number of aliphatic hydroxyl groups is 1. The topological polar surface area (TPSA) is 76.1 Å². The molecule has 1 N–H and O–H groups in total. The van der Waals surface area contributed by atoms with Gasteiger partial charge in [0.05, 0.1) is 25.8 Å². The summed E-state index contributed by atoms with van der Waals surface area (Å²) in [6, 6.07) is 15.3. The predicted molar refractivity (Wildman–Crippen MR) is 144 cm³/mol. The van der Waals surface area contributed by atoms with Gasteiger partial charge in [-0.3, -0.25) is 14.5 Å². The molecule has 2 aliphatic rings. The molecule has 1 saturated heterocycles. The Morgan fingerprint density at radius 1 is 0.919 bits per heavy atom. The van der Waals surface area contributed by atoms with Crippen molar-refractivity contribution in [2.45, 2.75) is 38.6 Å². The average Bonchev–Trinajstić information content (AvgIpc) is 3.18. The van der Waals surface area contributed by atoms with Gasteiger partial charge in [-0.1, -0.05) is 35.9 Å². The summed E-state index contributed by atoms with van der Waals surface area (Å²) in [6.45, 7) is 1.85. The van der Waals surface area contributed by atoms with Crippen LogP contribution in [-0.4, -0.2) is 31.0 Å². The Morgan fingerprint density at radius 2 is 1.65 bits per heavy atom. The lowest BCUT2D eigenvalue weighted by Gasteiger charge is -2.27. The van der Waals surface area contributed by atoms with Crippen molar-refractivity contribution in [3.8, 4) is 11.5 Å². The van der Waals surface area contributed by atoms with E-state index in [0.717, 1.165) is 36.8 Å². The van der Waals surface area contributed by atoms with E-state index in [4.69, 9.17) is 21.1 Å². The first-order valence-corrected chi connectivity index (χ1v) is 12.6. The van der Waals surface area contributed by atoms with Gasteiger partial charge in [-0.15, -0.1) is 0 Å². The van der Waals surface area contributed by atoms with Gasteiger partial charge in [0.1, 0.15) is 5.76 Å². The second-order valence-corrected chi connectivity index (χ2v) is 9.84. The molecule has 0 bridgehead atoms. The van der Waals surface area contributed by atoms with Crippen LogP contribution in [0.3, 0.4) is 0 Å². The van der Waals surface area contributed by atoms with Crippen molar-refractivity contribution in [3.63, 3.8) is 0 Å². The maximum absolute atomic E-state index is 13.6. The first-order valence-electron chi connectivity index (χ1n) is 12.2. The third kappa shape index (κ3) is 4.36. The summed E-state index contributed by atoms with van der Waals surface area (Å²) < 4.78 is 10.9. The van der Waals surface area contributed by atoms with Crippen LogP contribution in [-0.2, 0) is 22.4 Å². The van der Waals surface area contributed by atoms with Gasteiger partial charge in [0, 0.05) is 16.3 Å². The number of benzene rings is 3. The lowest BCUT2D eigenvalue weighted by Crippen LogP contribution is -2.30. The molecule has 5 rings (SSSR count). The zero-order valence-corrected chi connectivity index (χ0v) is 21.8. The number of aryl methyl sites for hydroxylation is 3. The molecular weight excluding hydrogens is 490 g/mol. The Morgan fingerprint density at radius 3 is 2.38 bits per heavy atom. The number of aliphatic hydroxyl groups excluding tert-OH is 1. The number of hydrogen-bond donors (Lipinski definition) is 1. The quantitative estimate of drug-likeness (QED) is 0.249. The largest absolute Gasteiger partial charge is 0.507 e. The molecule has 0 aromatic heterocycles. The van der Waals surface area contributed by atoms with Gasteiger partial charge < -0.3 is 14.6 Å². The maximum Gasteiger partial charge on any atom is 0.300 e. The van der Waals surface area contributed by atoms with Gasteiger partial charge in [-0.2, -0.15) is 0 Å². The Bertz CT molecular complexity index is 1440. The summed E-state index contributed by atoms with van der Waals surface area (Å²) in [5.74, 6) is -0.730. The third-order valence-corrected chi connectivity index (χ3v) is 7.46. The van der Waals surface area contributed by atoms with Crippen LogP contribution in [0.25, 0.3) is 5.76 Å². The fourth-order valence-corrected chi connectivity index (χ4v) is 5.46. The van der Waals surface area contributed by atoms with Crippen molar-refractivity contribution in [2.24, 2.45) is 0 Å². The molecule has 1 atom stereocenters. The van der Waals surface area contributed by atoms with Gasteiger partial charge in [0.25, 0.3) is 11.7 Å². The Hall–Kier alpha value is -3.77. The number of carbonyl (C=O) groups is 2. The van der Waals surface area contributed by atoms with Crippen molar-refractivity contribution in [1.82, 2.24) is 0 Å². The van der Waals surface area contributed by atoms with Gasteiger partial charge >= 0.3 is 0 Å². The van der Waals surface area contributed by atoms with Crippen LogP contribution in [0.1, 0.15) is 46.7 Å². The monoisotopic (exact) mass is 517 g/mol.